The van der Waals surface area contributed by atoms with Gasteiger partial charge in [0.25, 0.3) is 0 Å². The monoisotopic (exact) mass is 252 g/mol. The molecular formula is C13H20N2OS. The minimum Gasteiger partial charge on any atom is -0.371 e. The fourth-order valence-corrected chi connectivity index (χ4v) is 3.53. The maximum atomic E-state index is 5.86. The summed E-state index contributed by atoms with van der Waals surface area (Å²) in [6, 6.07) is 0.487. The first-order chi connectivity index (χ1) is 8.38. The molecule has 0 radical (unpaired) electrons. The Morgan fingerprint density at radius 1 is 1.53 bits per heavy atom. The molecule has 3 nitrogen and oxygen atoms in total. The second kappa shape index (κ2) is 5.04. The van der Waals surface area contributed by atoms with Crippen molar-refractivity contribution >= 4 is 11.3 Å². The molecule has 2 aliphatic rings. The Hall–Kier alpha value is -0.450. The molecule has 0 aromatic carbocycles. The second-order valence-corrected chi connectivity index (χ2v) is 5.86. The second-order valence-electron chi connectivity index (χ2n) is 4.97. The molecule has 1 saturated heterocycles. The highest BCUT2D eigenvalue weighted by molar-refractivity contribution is 7.09. The molecule has 1 aliphatic heterocycles. The smallest absolute Gasteiger partial charge is 0.122 e. The van der Waals surface area contributed by atoms with Crippen molar-refractivity contribution < 1.29 is 4.74 Å². The molecule has 1 aromatic heterocycles. The average Bonchev–Trinajstić information content (AvgIpc) is 2.84. The van der Waals surface area contributed by atoms with Crippen molar-refractivity contribution in [3.63, 3.8) is 0 Å². The van der Waals surface area contributed by atoms with Gasteiger partial charge in [-0.3, -0.25) is 0 Å². The van der Waals surface area contributed by atoms with E-state index in [1.807, 2.05) is 0 Å². The van der Waals surface area contributed by atoms with Crippen molar-refractivity contribution in [1.82, 2.24) is 10.3 Å². The van der Waals surface area contributed by atoms with Gasteiger partial charge < -0.3 is 10.1 Å². The molecule has 2 atom stereocenters. The maximum absolute atomic E-state index is 5.86. The van der Waals surface area contributed by atoms with Gasteiger partial charge in [-0.2, -0.15) is 0 Å². The summed E-state index contributed by atoms with van der Waals surface area (Å²) >= 11 is 1.78. The van der Waals surface area contributed by atoms with E-state index in [0.29, 0.717) is 6.04 Å². The SMILES string of the molecule is CCOC(c1nc([C@@H]2CCCN2)cs1)C1CC1. The summed E-state index contributed by atoms with van der Waals surface area (Å²) in [4.78, 5) is 4.80. The lowest BCUT2D eigenvalue weighted by molar-refractivity contribution is 0.0461. The Morgan fingerprint density at radius 2 is 2.41 bits per heavy atom. The number of aromatic nitrogens is 1. The number of nitrogens with zero attached hydrogens (tertiary/aromatic N) is 1. The predicted molar refractivity (Wildman–Crippen MR) is 69.2 cm³/mol. The van der Waals surface area contributed by atoms with E-state index in [4.69, 9.17) is 9.72 Å². The number of rotatable bonds is 5. The molecule has 0 spiro atoms. The lowest BCUT2D eigenvalue weighted by Crippen LogP contribution is -2.13. The number of ether oxygens (including phenoxy) is 1. The van der Waals surface area contributed by atoms with E-state index in [1.165, 1.54) is 36.4 Å². The van der Waals surface area contributed by atoms with Crippen LogP contribution >= 0.6 is 11.3 Å². The molecule has 1 saturated carbocycles. The van der Waals surface area contributed by atoms with Gasteiger partial charge in [0, 0.05) is 12.0 Å². The van der Waals surface area contributed by atoms with Crippen molar-refractivity contribution in [2.24, 2.45) is 5.92 Å². The third-order valence-corrected chi connectivity index (χ3v) is 4.52. The van der Waals surface area contributed by atoms with Crippen LogP contribution < -0.4 is 5.32 Å². The average molecular weight is 252 g/mol. The van der Waals surface area contributed by atoms with Crippen LogP contribution in [0.15, 0.2) is 5.38 Å². The van der Waals surface area contributed by atoms with Gasteiger partial charge in [0.1, 0.15) is 11.1 Å². The van der Waals surface area contributed by atoms with Crippen LogP contribution in [0.2, 0.25) is 0 Å². The number of nitrogens with one attached hydrogen (secondary N) is 1. The maximum Gasteiger partial charge on any atom is 0.122 e. The minimum atomic E-state index is 0.264. The zero-order valence-electron chi connectivity index (χ0n) is 10.3. The molecule has 0 amide bonds. The highest BCUT2D eigenvalue weighted by atomic mass is 32.1. The van der Waals surface area contributed by atoms with Crippen LogP contribution in [-0.2, 0) is 4.74 Å². The van der Waals surface area contributed by atoms with Crippen molar-refractivity contribution in [3.8, 4) is 0 Å². The molecule has 1 aliphatic carbocycles. The van der Waals surface area contributed by atoms with E-state index in [2.05, 4.69) is 17.6 Å². The first kappa shape index (κ1) is 11.6. The zero-order valence-corrected chi connectivity index (χ0v) is 11.1. The van der Waals surface area contributed by atoms with Gasteiger partial charge in [-0.15, -0.1) is 11.3 Å². The molecule has 1 unspecified atom stereocenters. The Kier molecular flexibility index (Phi) is 3.45. The van der Waals surface area contributed by atoms with Crippen LogP contribution in [-0.4, -0.2) is 18.1 Å². The van der Waals surface area contributed by atoms with Crippen LogP contribution in [0.5, 0.6) is 0 Å². The molecule has 3 rings (SSSR count). The number of hydrogen-bond acceptors (Lipinski definition) is 4. The van der Waals surface area contributed by atoms with E-state index < -0.39 is 0 Å². The summed E-state index contributed by atoms with van der Waals surface area (Å²) in [5, 5.41) is 6.91. The van der Waals surface area contributed by atoms with E-state index in [-0.39, 0.29) is 6.10 Å². The first-order valence-electron chi connectivity index (χ1n) is 6.68. The van der Waals surface area contributed by atoms with E-state index in [9.17, 15) is 0 Å². The molecular weight excluding hydrogens is 232 g/mol. The Bertz CT molecular complexity index is 369. The van der Waals surface area contributed by atoms with Crippen LogP contribution in [0.1, 0.15) is 55.5 Å². The Balaban J connectivity index is 1.73. The van der Waals surface area contributed by atoms with Crippen molar-refractivity contribution in [1.29, 1.82) is 0 Å². The van der Waals surface area contributed by atoms with Crippen LogP contribution in [0.25, 0.3) is 0 Å². The van der Waals surface area contributed by atoms with Gasteiger partial charge in [0.15, 0.2) is 0 Å². The Morgan fingerprint density at radius 3 is 3.06 bits per heavy atom. The fraction of sp³-hybridized carbons (Fsp3) is 0.769. The van der Waals surface area contributed by atoms with Crippen molar-refractivity contribution in [2.75, 3.05) is 13.2 Å². The van der Waals surface area contributed by atoms with E-state index in [0.717, 1.165) is 19.1 Å². The van der Waals surface area contributed by atoms with Gasteiger partial charge in [-0.25, -0.2) is 4.98 Å². The first-order valence-corrected chi connectivity index (χ1v) is 7.56. The van der Waals surface area contributed by atoms with Gasteiger partial charge in [-0.1, -0.05) is 0 Å². The van der Waals surface area contributed by atoms with Crippen molar-refractivity contribution in [2.45, 2.75) is 44.8 Å². The van der Waals surface area contributed by atoms with Gasteiger partial charge in [0.2, 0.25) is 0 Å². The highest BCUT2D eigenvalue weighted by Gasteiger charge is 2.35. The van der Waals surface area contributed by atoms with Gasteiger partial charge in [0.05, 0.1) is 11.7 Å². The highest BCUT2D eigenvalue weighted by Crippen LogP contribution is 2.44. The molecule has 0 bridgehead atoms. The molecule has 1 aromatic rings. The van der Waals surface area contributed by atoms with Gasteiger partial charge >= 0.3 is 0 Å². The summed E-state index contributed by atoms with van der Waals surface area (Å²) in [5.41, 5.74) is 1.23. The van der Waals surface area contributed by atoms with Crippen LogP contribution in [0, 0.1) is 5.92 Å². The lowest BCUT2D eigenvalue weighted by atomic mass is 10.2. The molecule has 94 valence electrons. The minimum absolute atomic E-state index is 0.264. The van der Waals surface area contributed by atoms with Crippen molar-refractivity contribution in [3.05, 3.63) is 16.1 Å². The number of thiazole rings is 1. The summed E-state index contributed by atoms with van der Waals surface area (Å²) in [6.45, 7) is 4.00. The van der Waals surface area contributed by atoms with E-state index >= 15 is 0 Å². The molecule has 2 heterocycles. The number of hydrogen-bond donors (Lipinski definition) is 1. The molecule has 4 heteroatoms. The fourth-order valence-electron chi connectivity index (χ4n) is 2.52. The van der Waals surface area contributed by atoms with Crippen LogP contribution in [0.4, 0.5) is 0 Å². The standard InChI is InChI=1S/C13H20N2OS/c1-2-16-12(9-5-6-9)13-15-11(8-17-13)10-4-3-7-14-10/h8-10,12,14H,2-7H2,1H3/t10-,12?/m0/s1. The summed E-state index contributed by atoms with van der Waals surface area (Å²) < 4.78 is 5.86. The molecule has 17 heavy (non-hydrogen) atoms. The third kappa shape index (κ3) is 2.54. The quantitative estimate of drug-likeness (QED) is 0.874. The topological polar surface area (TPSA) is 34.1 Å². The third-order valence-electron chi connectivity index (χ3n) is 3.60. The molecule has 2 fully saturated rings. The van der Waals surface area contributed by atoms with E-state index in [1.54, 1.807) is 11.3 Å². The molecule has 1 N–H and O–H groups in total. The van der Waals surface area contributed by atoms with Gasteiger partial charge in [-0.05, 0) is 45.1 Å². The van der Waals surface area contributed by atoms with Crippen LogP contribution in [0.3, 0.4) is 0 Å². The zero-order chi connectivity index (χ0) is 11.7. The summed E-state index contributed by atoms with van der Waals surface area (Å²) in [6.07, 6.45) is 5.38. The normalized spacial score (nSPS) is 26.3. The lowest BCUT2D eigenvalue weighted by Gasteiger charge is -2.13. The summed E-state index contributed by atoms with van der Waals surface area (Å²) in [5.74, 6) is 0.727. The summed E-state index contributed by atoms with van der Waals surface area (Å²) in [7, 11) is 0. The largest absolute Gasteiger partial charge is 0.371 e. The Labute approximate surface area is 107 Å². The predicted octanol–water partition coefficient (Wildman–Crippen LogP) is 3.06.